The summed E-state index contributed by atoms with van der Waals surface area (Å²) in [5.41, 5.74) is 9.51. The smallest absolute Gasteiger partial charge is 0.254 e. The molecule has 1 atom stereocenters. The Labute approximate surface area is 159 Å². The lowest BCUT2D eigenvalue weighted by atomic mass is 10.0. The van der Waals surface area contributed by atoms with Gasteiger partial charge in [0.15, 0.2) is 0 Å². The van der Waals surface area contributed by atoms with E-state index in [9.17, 15) is 4.79 Å². The van der Waals surface area contributed by atoms with Gasteiger partial charge in [0.2, 0.25) is 0 Å². The zero-order valence-electron chi connectivity index (χ0n) is 14.1. The molecule has 1 aliphatic heterocycles. The first-order valence-corrected chi connectivity index (χ1v) is 8.44. The van der Waals surface area contributed by atoms with Crippen molar-refractivity contribution in [3.05, 3.63) is 58.6 Å². The fraction of sp³-hybridized carbons (Fsp3) is 0.316. The molecule has 1 saturated heterocycles. The Morgan fingerprint density at radius 3 is 2.56 bits per heavy atom. The largest absolute Gasteiger partial charge is 0.373 e. The van der Waals surface area contributed by atoms with Gasteiger partial charge in [-0.15, -0.1) is 12.4 Å². The van der Waals surface area contributed by atoms with Gasteiger partial charge in [0.1, 0.15) is 0 Å². The van der Waals surface area contributed by atoms with E-state index in [0.29, 0.717) is 31.8 Å². The van der Waals surface area contributed by atoms with Crippen LogP contribution in [0.2, 0.25) is 5.02 Å². The van der Waals surface area contributed by atoms with Crippen LogP contribution in [0.5, 0.6) is 0 Å². The Kier molecular flexibility index (Phi) is 6.85. The van der Waals surface area contributed by atoms with Crippen molar-refractivity contribution in [1.82, 2.24) is 4.90 Å². The molecule has 4 nitrogen and oxygen atoms in total. The van der Waals surface area contributed by atoms with E-state index in [4.69, 9.17) is 22.1 Å². The average molecular weight is 381 g/mol. The van der Waals surface area contributed by atoms with Gasteiger partial charge < -0.3 is 15.4 Å². The monoisotopic (exact) mass is 380 g/mol. The van der Waals surface area contributed by atoms with Crippen LogP contribution in [-0.2, 0) is 4.74 Å². The molecule has 6 heteroatoms. The van der Waals surface area contributed by atoms with E-state index in [1.54, 1.807) is 0 Å². The maximum absolute atomic E-state index is 12.6. The standard InChI is InChI=1S/C19H21ClN2O2.ClH/c1-13-10-16(6-7-18(13)20)14-2-4-15(5-3-14)19(23)22-8-9-24-17(11-21)12-22;/h2-7,10,17H,8-9,11-12,21H2,1H3;1H. The molecular formula is C19H22Cl2N2O2. The zero-order valence-corrected chi connectivity index (χ0v) is 15.6. The van der Waals surface area contributed by atoms with Gasteiger partial charge >= 0.3 is 0 Å². The van der Waals surface area contributed by atoms with E-state index < -0.39 is 0 Å². The molecule has 25 heavy (non-hydrogen) atoms. The first-order valence-electron chi connectivity index (χ1n) is 8.06. The molecule has 0 bridgehead atoms. The van der Waals surface area contributed by atoms with Crippen molar-refractivity contribution >= 4 is 29.9 Å². The van der Waals surface area contributed by atoms with Gasteiger partial charge in [0, 0.05) is 30.2 Å². The number of hydrogen-bond donors (Lipinski definition) is 1. The van der Waals surface area contributed by atoms with Crippen molar-refractivity contribution in [2.75, 3.05) is 26.2 Å². The van der Waals surface area contributed by atoms with Crippen LogP contribution >= 0.6 is 24.0 Å². The molecule has 0 saturated carbocycles. The molecule has 1 heterocycles. The van der Waals surface area contributed by atoms with Crippen LogP contribution in [0.1, 0.15) is 15.9 Å². The quantitative estimate of drug-likeness (QED) is 0.885. The molecule has 134 valence electrons. The van der Waals surface area contributed by atoms with Crippen LogP contribution in [-0.4, -0.2) is 43.2 Å². The van der Waals surface area contributed by atoms with Gasteiger partial charge in [-0.05, 0) is 47.9 Å². The van der Waals surface area contributed by atoms with Gasteiger partial charge in [0.25, 0.3) is 5.91 Å². The van der Waals surface area contributed by atoms with Gasteiger partial charge in [0.05, 0.1) is 12.7 Å². The second-order valence-corrected chi connectivity index (χ2v) is 6.43. The molecule has 0 spiro atoms. The van der Waals surface area contributed by atoms with Crippen LogP contribution in [0, 0.1) is 6.92 Å². The number of ether oxygens (including phenoxy) is 1. The van der Waals surface area contributed by atoms with E-state index in [1.807, 2.05) is 54.3 Å². The third-order valence-electron chi connectivity index (χ3n) is 4.31. The Hall–Kier alpha value is -1.59. The van der Waals surface area contributed by atoms with Crippen molar-refractivity contribution in [3.63, 3.8) is 0 Å². The second kappa shape index (κ2) is 8.68. The summed E-state index contributed by atoms with van der Waals surface area (Å²) in [5.74, 6) is 0.0237. The summed E-state index contributed by atoms with van der Waals surface area (Å²) in [6, 6.07) is 13.6. The average Bonchev–Trinajstić information content (AvgIpc) is 2.63. The second-order valence-electron chi connectivity index (χ2n) is 6.02. The minimum absolute atomic E-state index is 0. The molecular weight excluding hydrogens is 359 g/mol. The Morgan fingerprint density at radius 2 is 1.92 bits per heavy atom. The van der Waals surface area contributed by atoms with Crippen LogP contribution in [0.4, 0.5) is 0 Å². The highest BCUT2D eigenvalue weighted by molar-refractivity contribution is 6.31. The van der Waals surface area contributed by atoms with Crippen molar-refractivity contribution in [1.29, 1.82) is 0 Å². The van der Waals surface area contributed by atoms with Crippen molar-refractivity contribution in [2.45, 2.75) is 13.0 Å². The minimum Gasteiger partial charge on any atom is -0.373 e. The molecule has 1 unspecified atom stereocenters. The SMILES string of the molecule is Cc1cc(-c2ccc(C(=O)N3CCOC(CN)C3)cc2)ccc1Cl.Cl. The number of nitrogens with zero attached hydrogens (tertiary/aromatic N) is 1. The summed E-state index contributed by atoms with van der Waals surface area (Å²) < 4.78 is 5.51. The number of carbonyl (C=O) groups is 1. The number of halogens is 2. The third kappa shape index (κ3) is 4.53. The van der Waals surface area contributed by atoms with Gasteiger partial charge in [-0.1, -0.05) is 29.8 Å². The molecule has 2 aromatic rings. The summed E-state index contributed by atoms with van der Waals surface area (Å²) in [6.45, 7) is 4.10. The number of amides is 1. The van der Waals surface area contributed by atoms with Crippen molar-refractivity contribution in [3.8, 4) is 11.1 Å². The van der Waals surface area contributed by atoms with Crippen molar-refractivity contribution in [2.24, 2.45) is 5.73 Å². The summed E-state index contributed by atoms with van der Waals surface area (Å²) >= 11 is 6.08. The molecule has 0 aliphatic carbocycles. The van der Waals surface area contributed by atoms with E-state index >= 15 is 0 Å². The van der Waals surface area contributed by atoms with Gasteiger partial charge in [-0.3, -0.25) is 4.79 Å². The molecule has 0 aromatic heterocycles. The number of carbonyl (C=O) groups excluding carboxylic acids is 1. The number of hydrogen-bond acceptors (Lipinski definition) is 3. The van der Waals surface area contributed by atoms with E-state index in [0.717, 1.165) is 21.7 Å². The number of aryl methyl sites for hydroxylation is 1. The highest BCUT2D eigenvalue weighted by atomic mass is 35.5. The van der Waals surface area contributed by atoms with Gasteiger partial charge in [-0.25, -0.2) is 0 Å². The van der Waals surface area contributed by atoms with Crippen LogP contribution in [0.25, 0.3) is 11.1 Å². The predicted molar refractivity (Wildman–Crippen MR) is 104 cm³/mol. The molecule has 1 fully saturated rings. The number of rotatable bonds is 3. The summed E-state index contributed by atoms with van der Waals surface area (Å²) in [5, 5.41) is 0.757. The first-order chi connectivity index (χ1) is 11.6. The highest BCUT2D eigenvalue weighted by Gasteiger charge is 2.24. The third-order valence-corrected chi connectivity index (χ3v) is 4.74. The molecule has 1 amide bonds. The summed E-state index contributed by atoms with van der Waals surface area (Å²) in [7, 11) is 0. The first kappa shape index (κ1) is 19.7. The number of morpholine rings is 1. The Morgan fingerprint density at radius 1 is 1.24 bits per heavy atom. The van der Waals surface area contributed by atoms with Crippen LogP contribution in [0.3, 0.4) is 0 Å². The predicted octanol–water partition coefficient (Wildman–Crippen LogP) is 3.54. The molecule has 2 aromatic carbocycles. The molecule has 3 rings (SSSR count). The normalized spacial score (nSPS) is 17.1. The Bertz CT molecular complexity index is 735. The van der Waals surface area contributed by atoms with E-state index in [1.165, 1.54) is 0 Å². The van der Waals surface area contributed by atoms with E-state index in [-0.39, 0.29) is 24.4 Å². The highest BCUT2D eigenvalue weighted by Crippen LogP contribution is 2.25. The summed E-state index contributed by atoms with van der Waals surface area (Å²) in [4.78, 5) is 14.4. The Balaban J connectivity index is 0.00000225. The van der Waals surface area contributed by atoms with Crippen LogP contribution in [0.15, 0.2) is 42.5 Å². The van der Waals surface area contributed by atoms with Gasteiger partial charge in [-0.2, -0.15) is 0 Å². The lowest BCUT2D eigenvalue weighted by Crippen LogP contribution is -2.48. The van der Waals surface area contributed by atoms with Crippen molar-refractivity contribution < 1.29 is 9.53 Å². The maximum atomic E-state index is 12.6. The molecule has 0 radical (unpaired) electrons. The lowest BCUT2D eigenvalue weighted by molar-refractivity contribution is -0.0167. The lowest BCUT2D eigenvalue weighted by Gasteiger charge is -2.32. The zero-order chi connectivity index (χ0) is 17.1. The maximum Gasteiger partial charge on any atom is 0.254 e. The fourth-order valence-electron chi connectivity index (χ4n) is 2.86. The topological polar surface area (TPSA) is 55.6 Å². The summed E-state index contributed by atoms with van der Waals surface area (Å²) in [6.07, 6.45) is -0.0704. The molecule has 1 aliphatic rings. The number of nitrogens with two attached hydrogens (primary N) is 1. The fourth-order valence-corrected chi connectivity index (χ4v) is 2.98. The number of benzene rings is 2. The minimum atomic E-state index is -0.0704. The van der Waals surface area contributed by atoms with Crippen LogP contribution < -0.4 is 5.73 Å². The molecule has 2 N–H and O–H groups in total. The van der Waals surface area contributed by atoms with E-state index in [2.05, 4.69) is 0 Å².